The van der Waals surface area contributed by atoms with E-state index < -0.39 is 0 Å². The molecule has 0 unspecified atom stereocenters. The van der Waals surface area contributed by atoms with Gasteiger partial charge in [-0.2, -0.15) is 0 Å². The summed E-state index contributed by atoms with van der Waals surface area (Å²) in [7, 11) is 0. The molecule has 1 aromatic rings. The molecule has 0 saturated carbocycles. The lowest BCUT2D eigenvalue weighted by Crippen LogP contribution is -2.02. The SMILES string of the molecule is CCC(=O)c1c(C)cc(Br)cc1C. The van der Waals surface area contributed by atoms with Crippen molar-refractivity contribution in [2.24, 2.45) is 0 Å². The van der Waals surface area contributed by atoms with Gasteiger partial charge in [0, 0.05) is 16.5 Å². The quantitative estimate of drug-likeness (QED) is 0.722. The van der Waals surface area contributed by atoms with Crippen LogP contribution in [0.2, 0.25) is 0 Å². The van der Waals surface area contributed by atoms with E-state index in [1.807, 2.05) is 32.9 Å². The lowest BCUT2D eigenvalue weighted by atomic mass is 9.98. The third-order valence-corrected chi connectivity index (χ3v) is 2.56. The molecular formula is C11H13BrO. The molecule has 0 spiro atoms. The van der Waals surface area contributed by atoms with Crippen molar-refractivity contribution in [2.75, 3.05) is 0 Å². The standard InChI is InChI=1S/C11H13BrO/c1-4-10(13)11-7(2)5-9(12)6-8(11)3/h5-6H,4H2,1-3H3. The molecule has 1 aromatic carbocycles. The summed E-state index contributed by atoms with van der Waals surface area (Å²) < 4.78 is 1.04. The van der Waals surface area contributed by atoms with E-state index in [0.717, 1.165) is 21.2 Å². The first-order valence-electron chi connectivity index (χ1n) is 4.36. The van der Waals surface area contributed by atoms with Gasteiger partial charge >= 0.3 is 0 Å². The first kappa shape index (κ1) is 10.5. The predicted molar refractivity (Wildman–Crippen MR) is 58.2 cm³/mol. The van der Waals surface area contributed by atoms with Gasteiger partial charge in [-0.3, -0.25) is 4.79 Å². The van der Waals surface area contributed by atoms with Gasteiger partial charge in [0.15, 0.2) is 5.78 Å². The first-order valence-corrected chi connectivity index (χ1v) is 5.15. The van der Waals surface area contributed by atoms with Crippen molar-refractivity contribution in [3.63, 3.8) is 0 Å². The number of carbonyl (C=O) groups excluding carboxylic acids is 1. The molecule has 0 aliphatic rings. The highest BCUT2D eigenvalue weighted by Gasteiger charge is 2.10. The average molecular weight is 241 g/mol. The minimum absolute atomic E-state index is 0.225. The van der Waals surface area contributed by atoms with E-state index in [2.05, 4.69) is 15.9 Å². The number of carbonyl (C=O) groups is 1. The third-order valence-electron chi connectivity index (χ3n) is 2.10. The molecule has 0 heterocycles. The van der Waals surface area contributed by atoms with Gasteiger partial charge in [-0.25, -0.2) is 0 Å². The average Bonchev–Trinajstić information content (AvgIpc) is 2.02. The second-order valence-corrected chi connectivity index (χ2v) is 4.11. The summed E-state index contributed by atoms with van der Waals surface area (Å²) in [6.07, 6.45) is 0.573. The van der Waals surface area contributed by atoms with E-state index in [4.69, 9.17) is 0 Å². The molecule has 0 radical (unpaired) electrons. The Morgan fingerprint density at radius 2 is 1.77 bits per heavy atom. The molecular weight excluding hydrogens is 228 g/mol. The molecule has 0 fully saturated rings. The second kappa shape index (κ2) is 4.05. The largest absolute Gasteiger partial charge is 0.294 e. The van der Waals surface area contributed by atoms with Crippen molar-refractivity contribution < 1.29 is 4.79 Å². The summed E-state index contributed by atoms with van der Waals surface area (Å²) in [5.74, 6) is 0.225. The Morgan fingerprint density at radius 3 is 2.15 bits per heavy atom. The van der Waals surface area contributed by atoms with Crippen LogP contribution in [0.25, 0.3) is 0 Å². The van der Waals surface area contributed by atoms with Crippen molar-refractivity contribution in [3.8, 4) is 0 Å². The number of hydrogen-bond donors (Lipinski definition) is 0. The molecule has 2 heteroatoms. The number of hydrogen-bond acceptors (Lipinski definition) is 1. The fraction of sp³-hybridized carbons (Fsp3) is 0.364. The Kier molecular flexibility index (Phi) is 3.26. The van der Waals surface area contributed by atoms with E-state index >= 15 is 0 Å². The zero-order valence-corrected chi connectivity index (χ0v) is 9.73. The molecule has 0 aromatic heterocycles. The number of aryl methyl sites for hydroxylation is 2. The predicted octanol–water partition coefficient (Wildman–Crippen LogP) is 3.66. The van der Waals surface area contributed by atoms with Crippen LogP contribution >= 0.6 is 15.9 Å². The van der Waals surface area contributed by atoms with Crippen LogP contribution in [-0.4, -0.2) is 5.78 Å². The van der Waals surface area contributed by atoms with E-state index in [1.165, 1.54) is 0 Å². The highest BCUT2D eigenvalue weighted by Crippen LogP contribution is 2.21. The van der Waals surface area contributed by atoms with Crippen LogP contribution in [0.5, 0.6) is 0 Å². The molecule has 0 bridgehead atoms. The molecule has 0 atom stereocenters. The Balaban J connectivity index is 3.28. The smallest absolute Gasteiger partial charge is 0.163 e. The molecule has 70 valence electrons. The number of halogens is 1. The summed E-state index contributed by atoms with van der Waals surface area (Å²) in [6.45, 7) is 5.84. The van der Waals surface area contributed by atoms with Crippen LogP contribution in [0.4, 0.5) is 0 Å². The Bertz CT molecular complexity index is 319. The topological polar surface area (TPSA) is 17.1 Å². The van der Waals surface area contributed by atoms with Gasteiger partial charge in [0.25, 0.3) is 0 Å². The van der Waals surface area contributed by atoms with Crippen molar-refractivity contribution in [1.29, 1.82) is 0 Å². The minimum atomic E-state index is 0.225. The Morgan fingerprint density at radius 1 is 1.31 bits per heavy atom. The van der Waals surface area contributed by atoms with Crippen LogP contribution < -0.4 is 0 Å². The number of benzene rings is 1. The van der Waals surface area contributed by atoms with Crippen molar-refractivity contribution >= 4 is 21.7 Å². The molecule has 1 nitrogen and oxygen atoms in total. The van der Waals surface area contributed by atoms with Gasteiger partial charge in [-0.05, 0) is 37.1 Å². The highest BCUT2D eigenvalue weighted by molar-refractivity contribution is 9.10. The zero-order chi connectivity index (χ0) is 10.0. The van der Waals surface area contributed by atoms with Gasteiger partial charge in [-0.1, -0.05) is 22.9 Å². The summed E-state index contributed by atoms with van der Waals surface area (Å²) in [5.41, 5.74) is 2.99. The molecule has 1 rings (SSSR count). The van der Waals surface area contributed by atoms with E-state index in [9.17, 15) is 4.79 Å². The number of Topliss-reactive ketones (excluding diaryl/α,β-unsaturated/α-hetero) is 1. The lowest BCUT2D eigenvalue weighted by molar-refractivity contribution is 0.0987. The Hall–Kier alpha value is -0.630. The minimum Gasteiger partial charge on any atom is -0.294 e. The summed E-state index contributed by atoms with van der Waals surface area (Å²) >= 11 is 3.41. The fourth-order valence-electron chi connectivity index (χ4n) is 1.53. The maximum atomic E-state index is 11.6. The molecule has 0 saturated heterocycles. The summed E-state index contributed by atoms with van der Waals surface area (Å²) in [4.78, 5) is 11.6. The second-order valence-electron chi connectivity index (χ2n) is 3.19. The lowest BCUT2D eigenvalue weighted by Gasteiger charge is -2.07. The van der Waals surface area contributed by atoms with E-state index in [1.54, 1.807) is 0 Å². The van der Waals surface area contributed by atoms with Crippen LogP contribution in [0.1, 0.15) is 34.8 Å². The molecule has 0 aliphatic heterocycles. The maximum Gasteiger partial charge on any atom is 0.163 e. The van der Waals surface area contributed by atoms with Crippen LogP contribution in [0, 0.1) is 13.8 Å². The van der Waals surface area contributed by atoms with E-state index in [-0.39, 0.29) is 5.78 Å². The van der Waals surface area contributed by atoms with Crippen molar-refractivity contribution in [1.82, 2.24) is 0 Å². The molecule has 0 amide bonds. The summed E-state index contributed by atoms with van der Waals surface area (Å²) in [6, 6.07) is 3.96. The van der Waals surface area contributed by atoms with Gasteiger partial charge in [-0.15, -0.1) is 0 Å². The highest BCUT2D eigenvalue weighted by atomic mass is 79.9. The first-order chi connectivity index (χ1) is 6.06. The third kappa shape index (κ3) is 2.19. The fourth-order valence-corrected chi connectivity index (χ4v) is 2.21. The summed E-state index contributed by atoms with van der Waals surface area (Å²) in [5, 5.41) is 0. The van der Waals surface area contributed by atoms with Gasteiger partial charge in [0.05, 0.1) is 0 Å². The maximum absolute atomic E-state index is 11.6. The Labute approximate surface area is 87.3 Å². The van der Waals surface area contributed by atoms with Gasteiger partial charge < -0.3 is 0 Å². The normalized spacial score (nSPS) is 10.2. The van der Waals surface area contributed by atoms with Gasteiger partial charge in [0.1, 0.15) is 0 Å². The van der Waals surface area contributed by atoms with Gasteiger partial charge in [0.2, 0.25) is 0 Å². The molecule has 13 heavy (non-hydrogen) atoms. The number of ketones is 1. The zero-order valence-electron chi connectivity index (χ0n) is 8.15. The molecule has 0 aliphatic carbocycles. The van der Waals surface area contributed by atoms with Crippen LogP contribution in [0.15, 0.2) is 16.6 Å². The molecule has 0 N–H and O–H groups in total. The van der Waals surface area contributed by atoms with Crippen LogP contribution in [-0.2, 0) is 0 Å². The van der Waals surface area contributed by atoms with Crippen molar-refractivity contribution in [2.45, 2.75) is 27.2 Å². The van der Waals surface area contributed by atoms with E-state index in [0.29, 0.717) is 6.42 Å². The monoisotopic (exact) mass is 240 g/mol. The number of rotatable bonds is 2. The van der Waals surface area contributed by atoms with Crippen molar-refractivity contribution in [3.05, 3.63) is 33.3 Å². The van der Waals surface area contributed by atoms with Crippen LogP contribution in [0.3, 0.4) is 0 Å².